The minimum absolute atomic E-state index is 0.112. The van der Waals surface area contributed by atoms with Gasteiger partial charge in [0.05, 0.1) is 6.54 Å². The van der Waals surface area contributed by atoms with Crippen LogP contribution in [0.1, 0.15) is 11.1 Å². The number of carbonyl (C=O) groups excluding carboxylic acids is 1. The van der Waals surface area contributed by atoms with Gasteiger partial charge in [0.1, 0.15) is 0 Å². The van der Waals surface area contributed by atoms with Crippen LogP contribution < -0.4 is 11.1 Å². The monoisotopic (exact) mass is 219 g/mol. The average Bonchev–Trinajstić information content (AvgIpc) is 2.29. The number of nitrogens with zero attached hydrogens (tertiary/aromatic N) is 1. The highest BCUT2D eigenvalue weighted by atomic mass is 16.2. The second-order valence-electron chi connectivity index (χ2n) is 4.08. The van der Waals surface area contributed by atoms with Gasteiger partial charge in [-0.3, -0.25) is 9.69 Å². The van der Waals surface area contributed by atoms with Crippen LogP contribution >= 0.6 is 0 Å². The highest BCUT2D eigenvalue weighted by Crippen LogP contribution is 2.08. The van der Waals surface area contributed by atoms with E-state index >= 15 is 0 Å². The maximum atomic E-state index is 11.2. The molecule has 0 saturated carbocycles. The van der Waals surface area contributed by atoms with E-state index in [-0.39, 0.29) is 5.91 Å². The molecule has 86 valence electrons. The molecule has 1 aliphatic heterocycles. The average molecular weight is 219 g/mol. The molecule has 1 saturated heterocycles. The van der Waals surface area contributed by atoms with E-state index in [0.29, 0.717) is 13.1 Å². The minimum atomic E-state index is 0.112. The second kappa shape index (κ2) is 5.09. The number of rotatable bonds is 3. The molecule has 1 fully saturated rings. The highest BCUT2D eigenvalue weighted by molar-refractivity contribution is 5.78. The molecule has 0 radical (unpaired) electrons. The normalized spacial score (nSPS) is 17.2. The third kappa shape index (κ3) is 2.81. The van der Waals surface area contributed by atoms with Crippen molar-refractivity contribution in [2.45, 2.75) is 13.1 Å². The van der Waals surface area contributed by atoms with Crippen molar-refractivity contribution in [1.82, 2.24) is 10.2 Å². The molecule has 0 unspecified atom stereocenters. The molecule has 1 aromatic rings. The Balaban J connectivity index is 1.99. The molecular formula is C12H17N3O. The van der Waals surface area contributed by atoms with E-state index in [2.05, 4.69) is 22.3 Å². The van der Waals surface area contributed by atoms with Crippen molar-refractivity contribution in [2.24, 2.45) is 5.73 Å². The van der Waals surface area contributed by atoms with Gasteiger partial charge in [-0.05, 0) is 11.1 Å². The number of hydrogen-bond acceptors (Lipinski definition) is 3. The van der Waals surface area contributed by atoms with Crippen LogP contribution in [0.25, 0.3) is 0 Å². The Bertz CT molecular complexity index is 378. The first-order chi connectivity index (χ1) is 7.78. The summed E-state index contributed by atoms with van der Waals surface area (Å²) in [7, 11) is 0. The van der Waals surface area contributed by atoms with Gasteiger partial charge < -0.3 is 11.1 Å². The third-order valence-corrected chi connectivity index (χ3v) is 2.75. The van der Waals surface area contributed by atoms with E-state index in [1.165, 1.54) is 5.56 Å². The summed E-state index contributed by atoms with van der Waals surface area (Å²) in [6.45, 7) is 3.54. The Morgan fingerprint density at radius 3 is 2.94 bits per heavy atom. The van der Waals surface area contributed by atoms with Crippen LogP contribution in [-0.2, 0) is 17.9 Å². The lowest BCUT2D eigenvalue weighted by Gasteiger charge is -2.26. The van der Waals surface area contributed by atoms with Crippen LogP contribution in [0, 0.1) is 0 Å². The fourth-order valence-electron chi connectivity index (χ4n) is 1.94. The largest absolute Gasteiger partial charge is 0.354 e. The van der Waals surface area contributed by atoms with Gasteiger partial charge in [0.2, 0.25) is 5.91 Å². The van der Waals surface area contributed by atoms with E-state index in [4.69, 9.17) is 5.73 Å². The first-order valence-electron chi connectivity index (χ1n) is 5.55. The fourth-order valence-corrected chi connectivity index (χ4v) is 1.94. The third-order valence-electron chi connectivity index (χ3n) is 2.75. The van der Waals surface area contributed by atoms with E-state index in [1.54, 1.807) is 0 Å². The zero-order valence-corrected chi connectivity index (χ0v) is 9.28. The molecule has 1 aromatic carbocycles. The van der Waals surface area contributed by atoms with Gasteiger partial charge in [-0.1, -0.05) is 24.3 Å². The van der Waals surface area contributed by atoms with Crippen molar-refractivity contribution in [3.05, 3.63) is 35.4 Å². The van der Waals surface area contributed by atoms with Crippen molar-refractivity contribution in [2.75, 3.05) is 19.6 Å². The van der Waals surface area contributed by atoms with E-state index in [1.807, 2.05) is 12.1 Å². The molecule has 0 bridgehead atoms. The lowest BCUT2D eigenvalue weighted by Crippen LogP contribution is -2.47. The van der Waals surface area contributed by atoms with Crippen molar-refractivity contribution in [3.8, 4) is 0 Å². The molecule has 1 aliphatic rings. The summed E-state index contributed by atoms with van der Waals surface area (Å²) in [4.78, 5) is 13.4. The van der Waals surface area contributed by atoms with Crippen molar-refractivity contribution in [3.63, 3.8) is 0 Å². The Hall–Kier alpha value is -1.39. The number of hydrogen-bond donors (Lipinski definition) is 2. The summed E-state index contributed by atoms with van der Waals surface area (Å²) in [5.74, 6) is 0.112. The molecule has 1 heterocycles. The van der Waals surface area contributed by atoms with Crippen LogP contribution in [-0.4, -0.2) is 30.4 Å². The van der Waals surface area contributed by atoms with Crippen LogP contribution in [0.15, 0.2) is 24.3 Å². The van der Waals surface area contributed by atoms with Gasteiger partial charge in [0.25, 0.3) is 0 Å². The molecule has 4 heteroatoms. The molecule has 0 aromatic heterocycles. The maximum Gasteiger partial charge on any atom is 0.234 e. The molecule has 16 heavy (non-hydrogen) atoms. The predicted molar refractivity (Wildman–Crippen MR) is 62.6 cm³/mol. The van der Waals surface area contributed by atoms with Crippen molar-refractivity contribution in [1.29, 1.82) is 0 Å². The molecule has 3 N–H and O–H groups in total. The maximum absolute atomic E-state index is 11.2. The summed E-state index contributed by atoms with van der Waals surface area (Å²) in [5, 5.41) is 2.82. The first kappa shape index (κ1) is 11.1. The fraction of sp³-hybridized carbons (Fsp3) is 0.417. The number of carbonyl (C=O) groups is 1. The van der Waals surface area contributed by atoms with Crippen LogP contribution in [0.4, 0.5) is 0 Å². The SMILES string of the molecule is NCc1cccc(CN2CCNC(=O)C2)c1. The molecule has 1 amide bonds. The van der Waals surface area contributed by atoms with Crippen LogP contribution in [0.5, 0.6) is 0 Å². The molecule has 0 atom stereocenters. The first-order valence-corrected chi connectivity index (χ1v) is 5.55. The molecule has 0 aliphatic carbocycles. The molecule has 4 nitrogen and oxygen atoms in total. The zero-order chi connectivity index (χ0) is 11.4. The van der Waals surface area contributed by atoms with Crippen LogP contribution in [0.2, 0.25) is 0 Å². The van der Waals surface area contributed by atoms with Crippen molar-refractivity contribution >= 4 is 5.91 Å². The second-order valence-corrected chi connectivity index (χ2v) is 4.08. The lowest BCUT2D eigenvalue weighted by atomic mass is 10.1. The standard InChI is InChI=1S/C12H17N3O/c13-7-10-2-1-3-11(6-10)8-15-5-4-14-12(16)9-15/h1-3,6H,4-5,7-9,13H2,(H,14,16). The summed E-state index contributed by atoms with van der Waals surface area (Å²) < 4.78 is 0. The highest BCUT2D eigenvalue weighted by Gasteiger charge is 2.15. The van der Waals surface area contributed by atoms with Gasteiger partial charge >= 0.3 is 0 Å². The number of benzene rings is 1. The number of amides is 1. The molecule has 2 rings (SSSR count). The smallest absolute Gasteiger partial charge is 0.234 e. The zero-order valence-electron chi connectivity index (χ0n) is 9.28. The lowest BCUT2D eigenvalue weighted by molar-refractivity contribution is -0.124. The summed E-state index contributed by atoms with van der Waals surface area (Å²) >= 11 is 0. The Morgan fingerprint density at radius 1 is 1.38 bits per heavy atom. The van der Waals surface area contributed by atoms with Gasteiger partial charge in [-0.25, -0.2) is 0 Å². The molecular weight excluding hydrogens is 202 g/mol. The summed E-state index contributed by atoms with van der Waals surface area (Å²) in [6, 6.07) is 8.21. The minimum Gasteiger partial charge on any atom is -0.354 e. The van der Waals surface area contributed by atoms with Crippen molar-refractivity contribution < 1.29 is 4.79 Å². The van der Waals surface area contributed by atoms with Gasteiger partial charge in [-0.2, -0.15) is 0 Å². The molecule has 0 spiro atoms. The van der Waals surface area contributed by atoms with E-state index in [9.17, 15) is 4.79 Å². The number of piperazine rings is 1. The predicted octanol–water partition coefficient (Wildman–Crippen LogP) is 0.0771. The van der Waals surface area contributed by atoms with Gasteiger partial charge in [0, 0.05) is 26.2 Å². The van der Waals surface area contributed by atoms with E-state index < -0.39 is 0 Å². The Labute approximate surface area is 95.4 Å². The quantitative estimate of drug-likeness (QED) is 0.756. The Kier molecular flexibility index (Phi) is 3.54. The van der Waals surface area contributed by atoms with E-state index in [0.717, 1.165) is 25.2 Å². The number of nitrogens with two attached hydrogens (primary N) is 1. The summed E-state index contributed by atoms with van der Waals surface area (Å²) in [5.41, 5.74) is 7.95. The van der Waals surface area contributed by atoms with Gasteiger partial charge in [-0.15, -0.1) is 0 Å². The Morgan fingerprint density at radius 2 is 2.19 bits per heavy atom. The number of nitrogens with one attached hydrogen (secondary N) is 1. The van der Waals surface area contributed by atoms with Crippen LogP contribution in [0.3, 0.4) is 0 Å². The summed E-state index contributed by atoms with van der Waals surface area (Å²) in [6.07, 6.45) is 0. The van der Waals surface area contributed by atoms with Gasteiger partial charge in [0.15, 0.2) is 0 Å². The topological polar surface area (TPSA) is 58.4 Å².